The quantitative estimate of drug-likeness (QED) is 0.546. The summed E-state index contributed by atoms with van der Waals surface area (Å²) in [7, 11) is 0. The van der Waals surface area contributed by atoms with Gasteiger partial charge in [-0.05, 0) is 26.7 Å². The fourth-order valence-corrected chi connectivity index (χ4v) is 2.95. The van der Waals surface area contributed by atoms with Crippen LogP contribution in [0.25, 0.3) is 0 Å². The molecule has 0 fully saturated rings. The Labute approximate surface area is 125 Å². The van der Waals surface area contributed by atoms with Gasteiger partial charge >= 0.3 is 0 Å². The van der Waals surface area contributed by atoms with E-state index in [1.165, 1.54) is 57.1 Å². The van der Waals surface area contributed by atoms with Crippen LogP contribution in [-0.2, 0) is 5.41 Å². The van der Waals surface area contributed by atoms with Crippen molar-refractivity contribution in [2.45, 2.75) is 97.4 Å². The Kier molecular flexibility index (Phi) is 7.25. The Morgan fingerprint density at radius 2 is 1.70 bits per heavy atom. The van der Waals surface area contributed by atoms with Gasteiger partial charge in [-0.25, -0.2) is 4.68 Å². The molecule has 1 unspecified atom stereocenters. The molecule has 20 heavy (non-hydrogen) atoms. The predicted molar refractivity (Wildman–Crippen MR) is 86.0 cm³/mol. The number of nitrogens with zero attached hydrogens (tertiary/aromatic N) is 3. The van der Waals surface area contributed by atoms with Crippen molar-refractivity contribution in [2.75, 3.05) is 0 Å². The summed E-state index contributed by atoms with van der Waals surface area (Å²) in [5, 5.41) is 8.48. The van der Waals surface area contributed by atoms with E-state index in [9.17, 15) is 0 Å². The standard InChI is InChI=1S/C17H33N3/c1-6-8-10-11-13-17(5,12-9-7-2)16-14-18-19-20(16)15(3)4/h14-15H,6-13H2,1-5H3. The van der Waals surface area contributed by atoms with E-state index < -0.39 is 0 Å². The zero-order valence-corrected chi connectivity index (χ0v) is 14.2. The summed E-state index contributed by atoms with van der Waals surface area (Å²) >= 11 is 0. The van der Waals surface area contributed by atoms with E-state index in [1.807, 2.05) is 6.20 Å². The van der Waals surface area contributed by atoms with Crippen molar-refractivity contribution >= 4 is 0 Å². The number of hydrogen-bond acceptors (Lipinski definition) is 2. The summed E-state index contributed by atoms with van der Waals surface area (Å²) in [4.78, 5) is 0. The van der Waals surface area contributed by atoms with Crippen molar-refractivity contribution in [1.29, 1.82) is 0 Å². The average Bonchev–Trinajstić information content (AvgIpc) is 2.92. The molecule has 1 heterocycles. The second-order valence-electron chi connectivity index (χ2n) is 6.63. The molecule has 0 N–H and O–H groups in total. The lowest BCUT2D eigenvalue weighted by atomic mass is 9.77. The topological polar surface area (TPSA) is 30.7 Å². The molecule has 0 aliphatic carbocycles. The highest BCUT2D eigenvalue weighted by molar-refractivity contribution is 5.12. The maximum absolute atomic E-state index is 4.30. The van der Waals surface area contributed by atoms with Crippen molar-refractivity contribution in [2.24, 2.45) is 0 Å². The number of unbranched alkanes of at least 4 members (excludes halogenated alkanes) is 4. The molecular formula is C17H33N3. The van der Waals surface area contributed by atoms with Crippen molar-refractivity contribution in [1.82, 2.24) is 15.0 Å². The second kappa shape index (κ2) is 8.43. The van der Waals surface area contributed by atoms with Crippen LogP contribution in [0.1, 0.15) is 97.7 Å². The third-order valence-electron chi connectivity index (χ3n) is 4.35. The maximum atomic E-state index is 4.30. The summed E-state index contributed by atoms with van der Waals surface area (Å²) in [5.41, 5.74) is 1.56. The van der Waals surface area contributed by atoms with Crippen molar-refractivity contribution in [3.8, 4) is 0 Å². The molecule has 0 radical (unpaired) electrons. The highest BCUT2D eigenvalue weighted by Crippen LogP contribution is 2.35. The third kappa shape index (κ3) is 4.60. The van der Waals surface area contributed by atoms with Gasteiger partial charge in [0.1, 0.15) is 0 Å². The molecule has 0 spiro atoms. The van der Waals surface area contributed by atoms with Gasteiger partial charge < -0.3 is 0 Å². The number of rotatable bonds is 10. The molecule has 1 aromatic rings. The molecule has 1 atom stereocenters. The minimum atomic E-state index is 0.234. The van der Waals surface area contributed by atoms with Crippen molar-refractivity contribution < 1.29 is 0 Å². The van der Waals surface area contributed by atoms with E-state index in [4.69, 9.17) is 0 Å². The van der Waals surface area contributed by atoms with Gasteiger partial charge in [-0.3, -0.25) is 0 Å². The average molecular weight is 279 g/mol. The Morgan fingerprint density at radius 1 is 1.05 bits per heavy atom. The van der Waals surface area contributed by atoms with Gasteiger partial charge in [-0.1, -0.05) is 64.5 Å². The van der Waals surface area contributed by atoms with Crippen molar-refractivity contribution in [3.05, 3.63) is 11.9 Å². The summed E-state index contributed by atoms with van der Waals surface area (Å²) in [6, 6.07) is 0.393. The molecule has 0 aliphatic heterocycles. The van der Waals surface area contributed by atoms with Gasteiger partial charge in [0.2, 0.25) is 0 Å². The van der Waals surface area contributed by atoms with E-state index in [2.05, 4.69) is 49.6 Å². The molecule has 116 valence electrons. The fourth-order valence-electron chi connectivity index (χ4n) is 2.95. The van der Waals surface area contributed by atoms with Crippen LogP contribution >= 0.6 is 0 Å². The molecule has 0 saturated carbocycles. The second-order valence-corrected chi connectivity index (χ2v) is 6.63. The highest BCUT2D eigenvalue weighted by atomic mass is 15.4. The van der Waals surface area contributed by atoms with E-state index in [-0.39, 0.29) is 5.41 Å². The van der Waals surface area contributed by atoms with E-state index in [0.717, 1.165) is 0 Å². The Hall–Kier alpha value is -0.860. The van der Waals surface area contributed by atoms with Crippen LogP contribution in [0, 0.1) is 0 Å². The lowest BCUT2D eigenvalue weighted by molar-refractivity contribution is 0.330. The van der Waals surface area contributed by atoms with Crippen LogP contribution in [0.15, 0.2) is 6.20 Å². The minimum Gasteiger partial charge on any atom is -0.246 e. The lowest BCUT2D eigenvalue weighted by Crippen LogP contribution is -2.27. The van der Waals surface area contributed by atoms with Gasteiger partial charge in [0, 0.05) is 11.5 Å². The summed E-state index contributed by atoms with van der Waals surface area (Å²) in [6.07, 6.45) is 12.4. The van der Waals surface area contributed by atoms with Gasteiger partial charge in [-0.15, -0.1) is 5.10 Å². The molecule has 0 bridgehead atoms. The number of hydrogen-bond donors (Lipinski definition) is 0. The SMILES string of the molecule is CCCCCCC(C)(CCCC)c1cnnn1C(C)C. The van der Waals surface area contributed by atoms with Crippen LogP contribution < -0.4 is 0 Å². The number of aromatic nitrogens is 3. The lowest BCUT2D eigenvalue weighted by Gasteiger charge is -2.31. The molecule has 0 saturated heterocycles. The van der Waals surface area contributed by atoms with Crippen LogP contribution in [0.5, 0.6) is 0 Å². The first-order chi connectivity index (χ1) is 9.55. The molecule has 1 rings (SSSR count). The molecule has 3 nitrogen and oxygen atoms in total. The first-order valence-corrected chi connectivity index (χ1v) is 8.45. The first-order valence-electron chi connectivity index (χ1n) is 8.45. The molecule has 0 aromatic carbocycles. The molecule has 0 amide bonds. The highest BCUT2D eigenvalue weighted by Gasteiger charge is 2.30. The smallest absolute Gasteiger partial charge is 0.0730 e. The zero-order chi connectivity index (χ0) is 15.0. The van der Waals surface area contributed by atoms with E-state index >= 15 is 0 Å². The fraction of sp³-hybridized carbons (Fsp3) is 0.882. The molecule has 0 aliphatic rings. The zero-order valence-electron chi connectivity index (χ0n) is 14.2. The summed E-state index contributed by atoms with van der Waals surface area (Å²) in [6.45, 7) is 11.3. The van der Waals surface area contributed by atoms with Crippen LogP contribution in [0.2, 0.25) is 0 Å². The van der Waals surface area contributed by atoms with E-state index in [0.29, 0.717) is 6.04 Å². The maximum Gasteiger partial charge on any atom is 0.0730 e. The molecule has 1 aromatic heterocycles. The van der Waals surface area contributed by atoms with Crippen LogP contribution in [-0.4, -0.2) is 15.0 Å². The Morgan fingerprint density at radius 3 is 2.30 bits per heavy atom. The third-order valence-corrected chi connectivity index (χ3v) is 4.35. The van der Waals surface area contributed by atoms with Gasteiger partial charge in [0.25, 0.3) is 0 Å². The largest absolute Gasteiger partial charge is 0.246 e. The van der Waals surface area contributed by atoms with Crippen LogP contribution in [0.3, 0.4) is 0 Å². The van der Waals surface area contributed by atoms with Gasteiger partial charge in [-0.2, -0.15) is 0 Å². The molecule has 3 heteroatoms. The van der Waals surface area contributed by atoms with E-state index in [1.54, 1.807) is 0 Å². The summed E-state index contributed by atoms with van der Waals surface area (Å²) in [5.74, 6) is 0. The van der Waals surface area contributed by atoms with Crippen LogP contribution in [0.4, 0.5) is 0 Å². The first kappa shape index (κ1) is 17.2. The van der Waals surface area contributed by atoms with Gasteiger partial charge in [0.15, 0.2) is 0 Å². The molecular weight excluding hydrogens is 246 g/mol. The monoisotopic (exact) mass is 279 g/mol. The van der Waals surface area contributed by atoms with Gasteiger partial charge in [0.05, 0.1) is 11.9 Å². The summed E-state index contributed by atoms with van der Waals surface area (Å²) < 4.78 is 2.12. The normalized spacial score (nSPS) is 14.7. The minimum absolute atomic E-state index is 0.234. The Bertz CT molecular complexity index is 370. The Balaban J connectivity index is 2.82. The van der Waals surface area contributed by atoms with Crippen molar-refractivity contribution in [3.63, 3.8) is 0 Å². The predicted octanol–water partition coefficient (Wildman–Crippen LogP) is 5.28.